The van der Waals surface area contributed by atoms with Crippen LogP contribution in [0.1, 0.15) is 11.1 Å². The van der Waals surface area contributed by atoms with Crippen LogP contribution < -0.4 is 14.4 Å². The molecule has 1 amide bonds. The van der Waals surface area contributed by atoms with Gasteiger partial charge in [-0.05, 0) is 48.9 Å². The fraction of sp³-hybridized carbons (Fsp3) is 0.222. The SMILES string of the molecule is Cc1ccc(OC(=O)N(CC(=O)O)Cc2ccc(OCCN(C)c3nc4ccccc4o3)cc2)cc1. The Morgan fingerprint density at radius 3 is 2.36 bits per heavy atom. The largest absolute Gasteiger partial charge is 0.492 e. The summed E-state index contributed by atoms with van der Waals surface area (Å²) in [6.45, 7) is 2.49. The lowest BCUT2D eigenvalue weighted by atomic mass is 10.2. The van der Waals surface area contributed by atoms with Crippen LogP contribution in [-0.4, -0.2) is 53.8 Å². The van der Waals surface area contributed by atoms with Crippen molar-refractivity contribution in [3.8, 4) is 11.5 Å². The summed E-state index contributed by atoms with van der Waals surface area (Å²) in [4.78, 5) is 31.3. The number of oxazole rings is 1. The van der Waals surface area contributed by atoms with Gasteiger partial charge in [0, 0.05) is 13.6 Å². The van der Waals surface area contributed by atoms with Crippen molar-refractivity contribution in [2.45, 2.75) is 13.5 Å². The van der Waals surface area contributed by atoms with E-state index in [4.69, 9.17) is 13.9 Å². The molecule has 0 bridgehead atoms. The number of carbonyl (C=O) groups excluding carboxylic acids is 1. The Morgan fingerprint density at radius 1 is 0.972 bits per heavy atom. The number of anilines is 1. The number of aryl methyl sites for hydroxylation is 1. The van der Waals surface area contributed by atoms with Gasteiger partial charge in [-0.3, -0.25) is 9.69 Å². The molecule has 0 saturated heterocycles. The van der Waals surface area contributed by atoms with Crippen molar-refractivity contribution in [1.29, 1.82) is 0 Å². The molecule has 9 nitrogen and oxygen atoms in total. The molecule has 1 aromatic heterocycles. The van der Waals surface area contributed by atoms with Gasteiger partial charge >= 0.3 is 12.1 Å². The number of nitrogens with zero attached hydrogens (tertiary/aromatic N) is 3. The number of hydrogen-bond acceptors (Lipinski definition) is 7. The Kier molecular flexibility index (Phi) is 7.69. The molecule has 186 valence electrons. The average Bonchev–Trinajstić information content (AvgIpc) is 3.30. The summed E-state index contributed by atoms with van der Waals surface area (Å²) < 4.78 is 16.9. The molecule has 0 spiro atoms. The maximum Gasteiger partial charge on any atom is 0.416 e. The third kappa shape index (κ3) is 6.53. The quantitative estimate of drug-likeness (QED) is 0.341. The molecule has 1 N–H and O–H groups in total. The summed E-state index contributed by atoms with van der Waals surface area (Å²) in [5.41, 5.74) is 3.30. The highest BCUT2D eigenvalue weighted by Gasteiger charge is 2.19. The third-order valence-corrected chi connectivity index (χ3v) is 5.41. The lowest BCUT2D eigenvalue weighted by Crippen LogP contribution is -2.37. The van der Waals surface area contributed by atoms with E-state index in [-0.39, 0.29) is 6.54 Å². The molecular weight excluding hydrogens is 462 g/mol. The maximum absolute atomic E-state index is 12.6. The zero-order valence-corrected chi connectivity index (χ0v) is 20.1. The van der Waals surface area contributed by atoms with Gasteiger partial charge in [0.1, 0.15) is 30.2 Å². The summed E-state index contributed by atoms with van der Waals surface area (Å²) in [5.74, 6) is -0.122. The van der Waals surface area contributed by atoms with E-state index in [0.717, 1.165) is 27.1 Å². The van der Waals surface area contributed by atoms with Crippen LogP contribution in [0.25, 0.3) is 11.1 Å². The number of aliphatic carboxylic acids is 1. The lowest BCUT2D eigenvalue weighted by Gasteiger charge is -2.20. The molecule has 0 radical (unpaired) electrons. The standard InChI is InChI=1S/C27H27N3O6/c1-19-7-11-22(12-8-19)35-27(33)30(18-25(31)32)17-20-9-13-21(14-10-20)34-16-15-29(2)26-28-23-5-3-4-6-24(23)36-26/h3-14H,15-18H2,1-2H3,(H,31,32). The number of carboxylic acid groups (broad SMARTS) is 1. The van der Waals surface area contributed by atoms with Crippen molar-refractivity contribution in [3.63, 3.8) is 0 Å². The fourth-order valence-electron chi connectivity index (χ4n) is 3.45. The van der Waals surface area contributed by atoms with Crippen molar-refractivity contribution in [1.82, 2.24) is 9.88 Å². The van der Waals surface area contributed by atoms with Crippen molar-refractivity contribution in [3.05, 3.63) is 83.9 Å². The number of likely N-dealkylation sites (N-methyl/N-ethyl adjacent to an activating group) is 1. The molecule has 0 fully saturated rings. The van der Waals surface area contributed by atoms with Crippen molar-refractivity contribution in [2.24, 2.45) is 0 Å². The summed E-state index contributed by atoms with van der Waals surface area (Å²) in [7, 11) is 1.88. The molecule has 36 heavy (non-hydrogen) atoms. The van der Waals surface area contributed by atoms with E-state index in [9.17, 15) is 14.7 Å². The van der Waals surface area contributed by atoms with E-state index in [1.54, 1.807) is 36.4 Å². The van der Waals surface area contributed by atoms with Crippen LogP contribution in [0.15, 0.2) is 77.2 Å². The highest BCUT2D eigenvalue weighted by Crippen LogP contribution is 2.21. The highest BCUT2D eigenvalue weighted by atomic mass is 16.6. The number of rotatable bonds is 10. The Bertz CT molecular complexity index is 1280. The van der Waals surface area contributed by atoms with Crippen LogP contribution in [0.4, 0.5) is 10.8 Å². The average molecular weight is 490 g/mol. The van der Waals surface area contributed by atoms with Gasteiger partial charge < -0.3 is 23.9 Å². The highest BCUT2D eigenvalue weighted by molar-refractivity contribution is 5.78. The topological polar surface area (TPSA) is 105 Å². The summed E-state index contributed by atoms with van der Waals surface area (Å²) in [6.07, 6.45) is -0.733. The number of aromatic nitrogens is 1. The minimum absolute atomic E-state index is 0.0811. The van der Waals surface area contributed by atoms with Crippen LogP contribution >= 0.6 is 0 Å². The lowest BCUT2D eigenvalue weighted by molar-refractivity contribution is -0.138. The summed E-state index contributed by atoms with van der Waals surface area (Å²) in [5, 5.41) is 9.24. The molecule has 3 aromatic carbocycles. The smallest absolute Gasteiger partial charge is 0.416 e. The molecule has 0 aliphatic heterocycles. The summed E-state index contributed by atoms with van der Waals surface area (Å²) >= 11 is 0. The molecule has 4 rings (SSSR count). The predicted molar refractivity (Wildman–Crippen MR) is 134 cm³/mol. The Labute approximate surface area is 208 Å². The second kappa shape index (κ2) is 11.3. The number of carbonyl (C=O) groups is 2. The van der Waals surface area contributed by atoms with Crippen molar-refractivity contribution >= 4 is 29.2 Å². The first-order valence-electron chi connectivity index (χ1n) is 11.4. The van der Waals surface area contributed by atoms with Gasteiger partial charge in [0.25, 0.3) is 6.01 Å². The van der Waals surface area contributed by atoms with Crippen LogP contribution in [0, 0.1) is 6.92 Å². The number of benzene rings is 3. The van der Waals surface area contributed by atoms with Crippen LogP contribution in [-0.2, 0) is 11.3 Å². The van der Waals surface area contributed by atoms with Gasteiger partial charge in [0.05, 0.1) is 6.54 Å². The Balaban J connectivity index is 1.30. The first-order valence-corrected chi connectivity index (χ1v) is 11.4. The fourth-order valence-corrected chi connectivity index (χ4v) is 3.45. The number of hydrogen-bond donors (Lipinski definition) is 1. The minimum atomic E-state index is -1.13. The second-order valence-electron chi connectivity index (χ2n) is 8.31. The number of carboxylic acids is 1. The molecule has 1 heterocycles. The molecular formula is C27H27N3O6. The van der Waals surface area contributed by atoms with Crippen molar-refractivity contribution < 1.29 is 28.6 Å². The van der Waals surface area contributed by atoms with Crippen LogP contribution in [0.3, 0.4) is 0 Å². The van der Waals surface area contributed by atoms with Gasteiger partial charge in [-0.2, -0.15) is 4.98 Å². The van der Waals surface area contributed by atoms with Gasteiger partial charge in [-0.1, -0.05) is 42.0 Å². The third-order valence-electron chi connectivity index (χ3n) is 5.41. The summed E-state index contributed by atoms with van der Waals surface area (Å²) in [6, 6.07) is 22.2. The molecule has 9 heteroatoms. The second-order valence-corrected chi connectivity index (χ2v) is 8.31. The van der Waals surface area contributed by atoms with Crippen LogP contribution in [0.5, 0.6) is 11.5 Å². The number of para-hydroxylation sites is 2. The Morgan fingerprint density at radius 2 is 1.67 bits per heavy atom. The molecule has 0 aliphatic rings. The van der Waals surface area contributed by atoms with Crippen LogP contribution in [0.2, 0.25) is 0 Å². The van der Waals surface area contributed by atoms with Gasteiger partial charge in [-0.15, -0.1) is 0 Å². The normalized spacial score (nSPS) is 10.7. The van der Waals surface area contributed by atoms with Gasteiger partial charge in [0.15, 0.2) is 5.58 Å². The zero-order chi connectivity index (χ0) is 25.5. The van der Waals surface area contributed by atoms with E-state index in [1.807, 2.05) is 55.3 Å². The van der Waals surface area contributed by atoms with Gasteiger partial charge in [-0.25, -0.2) is 4.79 Å². The number of ether oxygens (including phenoxy) is 2. The number of amides is 1. The maximum atomic E-state index is 12.6. The van der Waals surface area contributed by atoms with E-state index < -0.39 is 18.6 Å². The van der Waals surface area contributed by atoms with Gasteiger partial charge in [0.2, 0.25) is 0 Å². The van der Waals surface area contributed by atoms with Crippen molar-refractivity contribution in [2.75, 3.05) is 31.6 Å². The van der Waals surface area contributed by atoms with E-state index in [2.05, 4.69) is 4.98 Å². The predicted octanol–water partition coefficient (Wildman–Crippen LogP) is 4.74. The molecule has 0 saturated carbocycles. The molecule has 4 aromatic rings. The first-order chi connectivity index (χ1) is 17.4. The number of fused-ring (bicyclic) bond motifs is 1. The van der Waals surface area contributed by atoms with E-state index in [0.29, 0.717) is 30.7 Å². The first kappa shape index (κ1) is 24.6. The molecule has 0 aliphatic carbocycles. The monoisotopic (exact) mass is 489 g/mol. The molecule has 0 atom stereocenters. The van der Waals surface area contributed by atoms with E-state index in [1.165, 1.54) is 0 Å². The minimum Gasteiger partial charge on any atom is -0.492 e. The van der Waals surface area contributed by atoms with E-state index >= 15 is 0 Å². The Hall–Kier alpha value is -4.53. The zero-order valence-electron chi connectivity index (χ0n) is 20.1. The molecule has 0 unspecified atom stereocenters.